The number of hydrogen-bond acceptors (Lipinski definition) is 4. The number of benzene rings is 2. The second-order valence-corrected chi connectivity index (χ2v) is 7.30. The Morgan fingerprint density at radius 2 is 1.38 bits per heavy atom. The molecule has 1 unspecified atom stereocenters. The van der Waals surface area contributed by atoms with E-state index in [9.17, 15) is 5.11 Å². The van der Waals surface area contributed by atoms with Gasteiger partial charge in [0.2, 0.25) is 0 Å². The molecule has 0 aliphatic rings. The van der Waals surface area contributed by atoms with Crippen LogP contribution in [0.2, 0.25) is 0 Å². The minimum Gasteiger partial charge on any atom is -0.496 e. The third kappa shape index (κ3) is 6.13. The number of methoxy groups -OCH3 is 1. The van der Waals surface area contributed by atoms with E-state index in [-0.39, 0.29) is 6.10 Å². The summed E-state index contributed by atoms with van der Waals surface area (Å²) in [6, 6.07) is 14.7. The first-order valence-corrected chi connectivity index (χ1v) is 9.12. The van der Waals surface area contributed by atoms with Gasteiger partial charge in [-0.1, -0.05) is 42.5 Å². The van der Waals surface area contributed by atoms with Crippen LogP contribution in [0.3, 0.4) is 0 Å². The number of ether oxygens (including phenoxy) is 1. The lowest BCUT2D eigenvalue weighted by Gasteiger charge is -2.25. The lowest BCUT2D eigenvalue weighted by Crippen LogP contribution is -2.37. The van der Waals surface area contributed by atoms with Crippen molar-refractivity contribution in [1.29, 1.82) is 0 Å². The summed E-state index contributed by atoms with van der Waals surface area (Å²) in [5, 5.41) is 10.4. The highest BCUT2D eigenvalue weighted by atomic mass is 16.5. The molecule has 142 valence electrons. The van der Waals surface area contributed by atoms with Crippen molar-refractivity contribution in [2.45, 2.75) is 33.0 Å². The van der Waals surface area contributed by atoms with Crippen molar-refractivity contribution in [3.63, 3.8) is 0 Å². The topological polar surface area (TPSA) is 35.9 Å². The van der Waals surface area contributed by atoms with Gasteiger partial charge in [-0.05, 0) is 50.2 Å². The van der Waals surface area contributed by atoms with Gasteiger partial charge in [-0.25, -0.2) is 0 Å². The van der Waals surface area contributed by atoms with Gasteiger partial charge in [0.1, 0.15) is 5.75 Å². The van der Waals surface area contributed by atoms with E-state index in [4.69, 9.17) is 4.74 Å². The molecule has 2 aromatic rings. The number of nitrogens with zero attached hydrogens (tertiary/aromatic N) is 2. The van der Waals surface area contributed by atoms with Gasteiger partial charge in [0.15, 0.2) is 0 Å². The predicted octanol–water partition coefficient (Wildman–Crippen LogP) is 3.24. The summed E-state index contributed by atoms with van der Waals surface area (Å²) in [5.74, 6) is 0.957. The smallest absolute Gasteiger partial charge is 0.124 e. The average Bonchev–Trinajstić information content (AvgIpc) is 2.54. The van der Waals surface area contributed by atoms with Crippen LogP contribution in [0.4, 0.5) is 0 Å². The summed E-state index contributed by atoms with van der Waals surface area (Å²) in [6.07, 6.45) is -0.380. The first kappa shape index (κ1) is 20.4. The molecule has 0 aliphatic carbocycles. The lowest BCUT2D eigenvalue weighted by atomic mass is 10.1. The molecule has 0 saturated heterocycles. The van der Waals surface area contributed by atoms with E-state index in [0.717, 1.165) is 30.0 Å². The molecule has 0 aromatic heterocycles. The Morgan fingerprint density at radius 3 is 1.88 bits per heavy atom. The van der Waals surface area contributed by atoms with Crippen molar-refractivity contribution in [3.8, 4) is 5.75 Å². The molecule has 0 aliphatic heterocycles. The molecule has 0 spiro atoms. The number of aliphatic hydroxyl groups excluding tert-OH is 1. The minimum atomic E-state index is -0.380. The Hall–Kier alpha value is -1.88. The zero-order valence-corrected chi connectivity index (χ0v) is 16.7. The fourth-order valence-corrected chi connectivity index (χ4v) is 3.57. The molecule has 0 radical (unpaired) electrons. The van der Waals surface area contributed by atoms with E-state index in [1.807, 2.05) is 25.2 Å². The predicted molar refractivity (Wildman–Crippen MR) is 108 cm³/mol. The van der Waals surface area contributed by atoms with E-state index in [0.29, 0.717) is 13.1 Å². The fraction of sp³-hybridized carbons (Fsp3) is 0.455. The Balaban J connectivity index is 1.84. The van der Waals surface area contributed by atoms with E-state index >= 15 is 0 Å². The van der Waals surface area contributed by atoms with Gasteiger partial charge >= 0.3 is 0 Å². The Labute approximate surface area is 158 Å². The van der Waals surface area contributed by atoms with Crippen LogP contribution in [-0.4, -0.2) is 55.3 Å². The molecule has 2 rings (SSSR count). The molecule has 0 bridgehead atoms. The van der Waals surface area contributed by atoms with Crippen molar-refractivity contribution in [3.05, 3.63) is 64.7 Å². The van der Waals surface area contributed by atoms with Crippen molar-refractivity contribution < 1.29 is 9.84 Å². The highest BCUT2D eigenvalue weighted by molar-refractivity contribution is 5.43. The lowest BCUT2D eigenvalue weighted by molar-refractivity contribution is 0.0867. The van der Waals surface area contributed by atoms with E-state index < -0.39 is 0 Å². The van der Waals surface area contributed by atoms with Crippen molar-refractivity contribution in [2.75, 3.05) is 34.3 Å². The highest BCUT2D eigenvalue weighted by Gasteiger charge is 2.13. The molecule has 0 heterocycles. The first-order chi connectivity index (χ1) is 12.4. The van der Waals surface area contributed by atoms with Gasteiger partial charge in [-0.3, -0.25) is 9.80 Å². The van der Waals surface area contributed by atoms with Gasteiger partial charge in [-0.2, -0.15) is 0 Å². The minimum absolute atomic E-state index is 0.380. The van der Waals surface area contributed by atoms with Gasteiger partial charge in [0.05, 0.1) is 13.2 Å². The van der Waals surface area contributed by atoms with Crippen LogP contribution < -0.4 is 4.74 Å². The monoisotopic (exact) mass is 356 g/mol. The molecule has 26 heavy (non-hydrogen) atoms. The maximum atomic E-state index is 10.4. The van der Waals surface area contributed by atoms with Crippen molar-refractivity contribution in [1.82, 2.24) is 9.80 Å². The zero-order chi connectivity index (χ0) is 19.1. The maximum Gasteiger partial charge on any atom is 0.124 e. The molecule has 4 nitrogen and oxygen atoms in total. The second-order valence-electron chi connectivity index (χ2n) is 7.30. The van der Waals surface area contributed by atoms with Crippen LogP contribution in [0, 0.1) is 13.8 Å². The summed E-state index contributed by atoms with van der Waals surface area (Å²) in [5.41, 5.74) is 4.81. The standard InChI is InChI=1S/C22H32N2O2/c1-17-11-20(12-18(2)22(17)26-5)14-24(4)16-21(25)15-23(3)13-19-9-7-6-8-10-19/h6-12,21,25H,13-16H2,1-5H3. The largest absolute Gasteiger partial charge is 0.496 e. The third-order valence-electron chi connectivity index (χ3n) is 4.52. The number of rotatable bonds is 9. The summed E-state index contributed by atoms with van der Waals surface area (Å²) in [4.78, 5) is 4.33. The number of hydrogen-bond donors (Lipinski definition) is 1. The average molecular weight is 357 g/mol. The highest BCUT2D eigenvalue weighted by Crippen LogP contribution is 2.24. The van der Waals surface area contributed by atoms with Crippen molar-refractivity contribution in [2.24, 2.45) is 0 Å². The quantitative estimate of drug-likeness (QED) is 0.748. The fourth-order valence-electron chi connectivity index (χ4n) is 3.57. The first-order valence-electron chi connectivity index (χ1n) is 9.12. The van der Waals surface area contributed by atoms with E-state index in [2.05, 4.69) is 55.0 Å². The van der Waals surface area contributed by atoms with Crippen LogP contribution in [0.15, 0.2) is 42.5 Å². The molecular weight excluding hydrogens is 324 g/mol. The number of aryl methyl sites for hydroxylation is 2. The summed E-state index contributed by atoms with van der Waals surface area (Å²) < 4.78 is 5.43. The van der Waals surface area contributed by atoms with Crippen molar-refractivity contribution >= 4 is 0 Å². The van der Waals surface area contributed by atoms with E-state index in [1.165, 1.54) is 11.1 Å². The van der Waals surface area contributed by atoms with E-state index in [1.54, 1.807) is 7.11 Å². The molecule has 1 atom stereocenters. The van der Waals surface area contributed by atoms with Crippen LogP contribution in [0.5, 0.6) is 5.75 Å². The Kier molecular flexibility index (Phi) is 7.64. The second kappa shape index (κ2) is 9.72. The third-order valence-corrected chi connectivity index (χ3v) is 4.52. The van der Waals surface area contributed by atoms with Gasteiger partial charge in [0.25, 0.3) is 0 Å². The molecular formula is C22H32N2O2. The zero-order valence-electron chi connectivity index (χ0n) is 16.7. The molecule has 2 aromatic carbocycles. The SMILES string of the molecule is COc1c(C)cc(CN(C)CC(O)CN(C)Cc2ccccc2)cc1C. The molecule has 0 saturated carbocycles. The van der Waals surface area contributed by atoms with Crippen LogP contribution in [0.25, 0.3) is 0 Å². The van der Waals surface area contributed by atoms with Gasteiger partial charge in [-0.15, -0.1) is 0 Å². The van der Waals surface area contributed by atoms with Gasteiger partial charge in [0, 0.05) is 26.2 Å². The molecule has 1 N–H and O–H groups in total. The maximum absolute atomic E-state index is 10.4. The Morgan fingerprint density at radius 1 is 0.885 bits per heavy atom. The summed E-state index contributed by atoms with van der Waals surface area (Å²) >= 11 is 0. The summed E-state index contributed by atoms with van der Waals surface area (Å²) in [7, 11) is 5.81. The normalized spacial score (nSPS) is 12.6. The summed E-state index contributed by atoms with van der Waals surface area (Å²) in [6.45, 7) is 7.10. The number of aliphatic hydroxyl groups is 1. The van der Waals surface area contributed by atoms with Crippen LogP contribution in [-0.2, 0) is 13.1 Å². The van der Waals surface area contributed by atoms with Crippen LogP contribution in [0.1, 0.15) is 22.3 Å². The Bertz CT molecular complexity index is 665. The molecule has 4 heteroatoms. The van der Waals surface area contributed by atoms with Gasteiger partial charge < -0.3 is 9.84 Å². The van der Waals surface area contributed by atoms with Crippen LogP contribution >= 0.6 is 0 Å². The molecule has 0 amide bonds. The molecule has 0 fully saturated rings. The number of likely N-dealkylation sites (N-methyl/N-ethyl adjacent to an activating group) is 2.